The van der Waals surface area contributed by atoms with Crippen molar-refractivity contribution in [3.63, 3.8) is 0 Å². The van der Waals surface area contributed by atoms with Crippen LogP contribution in [0.4, 0.5) is 0 Å². The number of likely N-dealkylation sites (N-methyl/N-ethyl adjacent to an activating group) is 1. The molecule has 26 heavy (non-hydrogen) atoms. The summed E-state index contributed by atoms with van der Waals surface area (Å²) in [6, 6.07) is 4.67. The van der Waals surface area contributed by atoms with Crippen LogP contribution in [0.5, 0.6) is 0 Å². The zero-order chi connectivity index (χ0) is 18.4. The molecule has 0 saturated carbocycles. The molecule has 0 aliphatic carbocycles. The van der Waals surface area contributed by atoms with Crippen molar-refractivity contribution in [3.05, 3.63) is 21.3 Å². The normalized spacial score (nSPS) is 22.8. The molecule has 3 heterocycles. The summed E-state index contributed by atoms with van der Waals surface area (Å²) in [6.07, 6.45) is 6.63. The summed E-state index contributed by atoms with van der Waals surface area (Å²) in [5, 5.41) is 3.17. The molecule has 0 spiro atoms. The van der Waals surface area contributed by atoms with Crippen LogP contribution in [0.3, 0.4) is 0 Å². The van der Waals surface area contributed by atoms with Gasteiger partial charge in [0.2, 0.25) is 5.91 Å². The third-order valence-corrected chi connectivity index (χ3v) is 7.15. The van der Waals surface area contributed by atoms with Gasteiger partial charge in [-0.15, -0.1) is 11.3 Å². The van der Waals surface area contributed by atoms with Gasteiger partial charge in [0, 0.05) is 30.4 Å². The van der Waals surface area contributed by atoms with Crippen LogP contribution >= 0.6 is 22.9 Å². The number of amides is 1. The molecule has 2 saturated heterocycles. The molecule has 1 aromatic rings. The van der Waals surface area contributed by atoms with Crippen LogP contribution in [-0.4, -0.2) is 54.5 Å². The predicted molar refractivity (Wildman–Crippen MR) is 110 cm³/mol. The maximum absolute atomic E-state index is 12.2. The van der Waals surface area contributed by atoms with E-state index in [1.165, 1.54) is 37.1 Å². The molecule has 2 fully saturated rings. The van der Waals surface area contributed by atoms with Crippen LogP contribution in [-0.2, 0) is 11.3 Å². The fraction of sp³-hybridized carbons (Fsp3) is 0.750. The molecule has 1 unspecified atom stereocenters. The zero-order valence-electron chi connectivity index (χ0n) is 15.9. The Labute approximate surface area is 166 Å². The minimum Gasteiger partial charge on any atom is -0.355 e. The number of piperidine rings is 1. The molecule has 1 amide bonds. The number of hydrogen-bond donors (Lipinski definition) is 1. The molecule has 1 aromatic heterocycles. The smallest absolute Gasteiger partial charge is 0.220 e. The van der Waals surface area contributed by atoms with Crippen LogP contribution in [0.25, 0.3) is 0 Å². The Hall–Kier alpha value is -0.620. The van der Waals surface area contributed by atoms with Crippen LogP contribution in [0.2, 0.25) is 4.34 Å². The van der Waals surface area contributed by atoms with Crippen molar-refractivity contribution < 1.29 is 4.79 Å². The first kappa shape index (κ1) is 20.1. The molecular weight excluding hydrogens is 366 g/mol. The van der Waals surface area contributed by atoms with E-state index in [2.05, 4.69) is 28.1 Å². The van der Waals surface area contributed by atoms with E-state index in [0.29, 0.717) is 18.4 Å². The van der Waals surface area contributed by atoms with Gasteiger partial charge >= 0.3 is 0 Å². The summed E-state index contributed by atoms with van der Waals surface area (Å²) >= 11 is 7.70. The highest BCUT2D eigenvalue weighted by Crippen LogP contribution is 2.26. The minimum atomic E-state index is 0.239. The van der Waals surface area contributed by atoms with E-state index < -0.39 is 0 Å². The lowest BCUT2D eigenvalue weighted by atomic mass is 9.92. The van der Waals surface area contributed by atoms with E-state index in [4.69, 9.17) is 11.6 Å². The second-order valence-corrected chi connectivity index (χ2v) is 9.49. The van der Waals surface area contributed by atoms with Crippen LogP contribution < -0.4 is 5.32 Å². The number of likely N-dealkylation sites (tertiary alicyclic amines) is 2. The Morgan fingerprint density at radius 2 is 2.08 bits per heavy atom. The van der Waals surface area contributed by atoms with Crippen molar-refractivity contribution in [2.45, 2.75) is 58.0 Å². The number of halogens is 1. The maximum atomic E-state index is 12.2. The standard InChI is InChI=1S/C20H32ClN3OS/c1-2-24-11-3-4-17(24)14-22-20(25)8-5-16-9-12-23(13-10-16)15-18-6-7-19(21)26-18/h6-7,16-17H,2-5,8-15H2,1H3,(H,22,25). The van der Waals surface area contributed by atoms with E-state index in [-0.39, 0.29) is 5.91 Å². The molecular formula is C20H32ClN3OS. The Kier molecular flexibility index (Phi) is 7.79. The second-order valence-electron chi connectivity index (χ2n) is 7.69. The van der Waals surface area contributed by atoms with Crippen molar-refractivity contribution in [1.29, 1.82) is 0 Å². The maximum Gasteiger partial charge on any atom is 0.220 e. The predicted octanol–water partition coefficient (Wildman–Crippen LogP) is 3.99. The molecule has 0 radical (unpaired) electrons. The van der Waals surface area contributed by atoms with Crippen molar-refractivity contribution in [2.75, 3.05) is 32.7 Å². The van der Waals surface area contributed by atoms with Gasteiger partial charge in [-0.25, -0.2) is 0 Å². The summed E-state index contributed by atoms with van der Waals surface area (Å²) in [5.74, 6) is 0.936. The average molecular weight is 398 g/mol. The molecule has 1 N–H and O–H groups in total. The number of rotatable bonds is 8. The SMILES string of the molecule is CCN1CCCC1CNC(=O)CCC1CCN(Cc2ccc(Cl)s2)CC1. The van der Waals surface area contributed by atoms with Crippen LogP contribution in [0.1, 0.15) is 50.3 Å². The second kappa shape index (κ2) is 10.1. The number of thiophene rings is 1. The monoisotopic (exact) mass is 397 g/mol. The zero-order valence-corrected chi connectivity index (χ0v) is 17.5. The Balaban J connectivity index is 1.29. The quantitative estimate of drug-likeness (QED) is 0.720. The fourth-order valence-electron chi connectivity index (χ4n) is 4.29. The number of hydrogen-bond acceptors (Lipinski definition) is 4. The van der Waals surface area contributed by atoms with E-state index >= 15 is 0 Å². The van der Waals surface area contributed by atoms with Crippen molar-refractivity contribution in [1.82, 2.24) is 15.1 Å². The molecule has 1 atom stereocenters. The first-order valence-corrected chi connectivity index (χ1v) is 11.3. The van der Waals surface area contributed by atoms with Gasteiger partial charge in [-0.2, -0.15) is 0 Å². The lowest BCUT2D eigenvalue weighted by Gasteiger charge is -2.31. The summed E-state index contributed by atoms with van der Waals surface area (Å²) in [5.41, 5.74) is 0. The number of carbonyl (C=O) groups excluding carboxylic acids is 1. The van der Waals surface area contributed by atoms with Gasteiger partial charge in [-0.1, -0.05) is 18.5 Å². The molecule has 2 aliphatic heterocycles. The van der Waals surface area contributed by atoms with Crippen LogP contribution in [0, 0.1) is 5.92 Å². The molecule has 0 aromatic carbocycles. The third-order valence-electron chi connectivity index (χ3n) is 5.94. The molecule has 2 aliphatic rings. The molecule has 4 nitrogen and oxygen atoms in total. The first-order valence-electron chi connectivity index (χ1n) is 10.1. The summed E-state index contributed by atoms with van der Waals surface area (Å²) in [6.45, 7) is 8.60. The lowest BCUT2D eigenvalue weighted by molar-refractivity contribution is -0.121. The van der Waals surface area contributed by atoms with E-state index in [0.717, 1.165) is 43.5 Å². The highest BCUT2D eigenvalue weighted by Gasteiger charge is 2.24. The van der Waals surface area contributed by atoms with E-state index in [9.17, 15) is 4.79 Å². The number of nitrogens with one attached hydrogen (secondary N) is 1. The van der Waals surface area contributed by atoms with Gasteiger partial charge in [-0.3, -0.25) is 14.6 Å². The highest BCUT2D eigenvalue weighted by atomic mass is 35.5. The Bertz CT molecular complexity index is 571. The van der Waals surface area contributed by atoms with Gasteiger partial charge in [0.15, 0.2) is 0 Å². The van der Waals surface area contributed by atoms with Gasteiger partial charge in [0.05, 0.1) is 4.34 Å². The third kappa shape index (κ3) is 5.95. The van der Waals surface area contributed by atoms with Gasteiger partial charge in [0.25, 0.3) is 0 Å². The summed E-state index contributed by atoms with van der Waals surface area (Å²) in [4.78, 5) is 18.5. The van der Waals surface area contributed by atoms with Gasteiger partial charge in [0.1, 0.15) is 0 Å². The molecule has 146 valence electrons. The largest absolute Gasteiger partial charge is 0.355 e. The molecule has 3 rings (SSSR count). The topological polar surface area (TPSA) is 35.6 Å². The number of carbonyl (C=O) groups is 1. The van der Waals surface area contributed by atoms with Crippen molar-refractivity contribution >= 4 is 28.8 Å². The van der Waals surface area contributed by atoms with Gasteiger partial charge < -0.3 is 5.32 Å². The summed E-state index contributed by atoms with van der Waals surface area (Å²) in [7, 11) is 0. The highest BCUT2D eigenvalue weighted by molar-refractivity contribution is 7.16. The average Bonchev–Trinajstić information content (AvgIpc) is 3.27. The van der Waals surface area contributed by atoms with Crippen LogP contribution in [0.15, 0.2) is 12.1 Å². The Morgan fingerprint density at radius 3 is 2.77 bits per heavy atom. The van der Waals surface area contributed by atoms with E-state index in [1.54, 1.807) is 11.3 Å². The minimum absolute atomic E-state index is 0.239. The van der Waals surface area contributed by atoms with Crippen molar-refractivity contribution in [2.24, 2.45) is 5.92 Å². The first-order chi connectivity index (χ1) is 12.6. The number of nitrogens with zero attached hydrogens (tertiary/aromatic N) is 2. The molecule has 6 heteroatoms. The fourth-order valence-corrected chi connectivity index (χ4v) is 5.42. The van der Waals surface area contributed by atoms with E-state index in [1.807, 2.05) is 6.07 Å². The van der Waals surface area contributed by atoms with Crippen molar-refractivity contribution in [3.8, 4) is 0 Å². The van der Waals surface area contributed by atoms with Gasteiger partial charge in [-0.05, 0) is 76.3 Å². The summed E-state index contributed by atoms with van der Waals surface area (Å²) < 4.78 is 0.876. The lowest BCUT2D eigenvalue weighted by Crippen LogP contribution is -2.40. The Morgan fingerprint density at radius 1 is 1.27 bits per heavy atom. The molecule has 0 bridgehead atoms.